The Labute approximate surface area is 198 Å². The first kappa shape index (κ1) is 22.3. The highest BCUT2D eigenvalue weighted by molar-refractivity contribution is 6.25. The lowest BCUT2D eigenvalue weighted by Gasteiger charge is -2.29. The van der Waals surface area contributed by atoms with Crippen LogP contribution in [0.2, 0.25) is 0 Å². The molecule has 2 aliphatic rings. The Bertz CT molecular complexity index is 1310. The van der Waals surface area contributed by atoms with E-state index in [1.165, 1.54) is 11.8 Å². The number of para-hydroxylation sites is 1. The van der Waals surface area contributed by atoms with Crippen LogP contribution >= 0.6 is 0 Å². The van der Waals surface area contributed by atoms with Crippen molar-refractivity contribution in [2.45, 2.75) is 45.2 Å². The van der Waals surface area contributed by atoms with E-state index in [1.807, 2.05) is 74.5 Å². The van der Waals surface area contributed by atoms with E-state index in [0.29, 0.717) is 18.5 Å². The van der Waals surface area contributed by atoms with E-state index in [4.69, 9.17) is 0 Å². The smallest absolute Gasteiger partial charge is 0.324 e. The van der Waals surface area contributed by atoms with Gasteiger partial charge in [-0.2, -0.15) is 0 Å². The highest BCUT2D eigenvalue weighted by Crippen LogP contribution is 2.51. The fraction of sp³-hybridized carbons (Fsp3) is 0.321. The van der Waals surface area contributed by atoms with E-state index < -0.39 is 35.3 Å². The van der Waals surface area contributed by atoms with Crippen molar-refractivity contribution in [3.63, 3.8) is 0 Å². The molecule has 0 aromatic heterocycles. The Morgan fingerprint density at radius 3 is 2.21 bits per heavy atom. The third-order valence-corrected chi connectivity index (χ3v) is 7.58. The zero-order chi connectivity index (χ0) is 24.2. The van der Waals surface area contributed by atoms with Crippen LogP contribution in [0, 0.1) is 11.8 Å². The van der Waals surface area contributed by atoms with Gasteiger partial charge in [0, 0.05) is 6.04 Å². The molecule has 2 amide bonds. The lowest BCUT2D eigenvalue weighted by atomic mass is 9.80. The number of carbonyl (C=O) groups excluding carboxylic acids is 2. The largest absolute Gasteiger partial charge is 0.480 e. The Hall–Kier alpha value is -3.51. The summed E-state index contributed by atoms with van der Waals surface area (Å²) in [6.07, 6.45) is 1.33. The summed E-state index contributed by atoms with van der Waals surface area (Å²) < 4.78 is 0. The quantitative estimate of drug-likeness (QED) is 0.561. The summed E-state index contributed by atoms with van der Waals surface area (Å²) in [6, 6.07) is 18.8. The van der Waals surface area contributed by atoms with Crippen LogP contribution in [0.25, 0.3) is 10.8 Å². The average Bonchev–Trinajstić information content (AvgIpc) is 3.31. The van der Waals surface area contributed by atoms with Gasteiger partial charge in [-0.1, -0.05) is 74.5 Å². The Balaban J connectivity index is 1.71. The van der Waals surface area contributed by atoms with Crippen molar-refractivity contribution in [2.24, 2.45) is 11.8 Å². The minimum atomic E-state index is -1.57. The van der Waals surface area contributed by atoms with Crippen molar-refractivity contribution >= 4 is 34.2 Å². The van der Waals surface area contributed by atoms with Crippen LogP contribution in [-0.4, -0.2) is 28.4 Å². The van der Waals surface area contributed by atoms with E-state index in [9.17, 15) is 19.5 Å². The van der Waals surface area contributed by atoms with E-state index >= 15 is 0 Å². The normalized spacial score (nSPS) is 26.3. The molecule has 2 fully saturated rings. The molecule has 0 aliphatic carbocycles. The van der Waals surface area contributed by atoms with Gasteiger partial charge < -0.3 is 5.11 Å². The molecule has 4 unspecified atom stereocenters. The van der Waals surface area contributed by atoms with Crippen molar-refractivity contribution in [1.82, 2.24) is 5.32 Å². The first-order chi connectivity index (χ1) is 16.3. The number of nitrogens with zero attached hydrogens (tertiary/aromatic N) is 1. The van der Waals surface area contributed by atoms with E-state index in [1.54, 1.807) is 0 Å². The highest BCUT2D eigenvalue weighted by atomic mass is 16.4. The van der Waals surface area contributed by atoms with Crippen LogP contribution in [0.3, 0.4) is 0 Å². The van der Waals surface area contributed by atoms with Gasteiger partial charge >= 0.3 is 5.97 Å². The maximum Gasteiger partial charge on any atom is 0.324 e. The number of aryl methyl sites for hydroxylation is 2. The predicted octanol–water partition coefficient (Wildman–Crippen LogP) is 4.26. The molecule has 0 saturated carbocycles. The van der Waals surface area contributed by atoms with Crippen molar-refractivity contribution in [2.75, 3.05) is 4.90 Å². The van der Waals surface area contributed by atoms with Crippen molar-refractivity contribution in [3.05, 3.63) is 77.4 Å². The second kappa shape index (κ2) is 8.06. The minimum absolute atomic E-state index is 0.332. The summed E-state index contributed by atoms with van der Waals surface area (Å²) in [5.41, 5.74) is 1.71. The van der Waals surface area contributed by atoms with Gasteiger partial charge in [-0.15, -0.1) is 0 Å². The summed E-state index contributed by atoms with van der Waals surface area (Å²) in [5.74, 6) is -3.72. The Morgan fingerprint density at radius 2 is 1.56 bits per heavy atom. The second-order valence-corrected chi connectivity index (χ2v) is 9.35. The molecule has 2 N–H and O–H groups in total. The van der Waals surface area contributed by atoms with Gasteiger partial charge in [0.05, 0.1) is 17.5 Å². The molecule has 0 spiro atoms. The van der Waals surface area contributed by atoms with E-state index in [0.717, 1.165) is 27.5 Å². The summed E-state index contributed by atoms with van der Waals surface area (Å²) in [6.45, 7) is 5.51. The van der Waals surface area contributed by atoms with Crippen LogP contribution < -0.4 is 10.2 Å². The Kier molecular flexibility index (Phi) is 5.29. The van der Waals surface area contributed by atoms with Gasteiger partial charge in [0.2, 0.25) is 11.8 Å². The first-order valence-corrected chi connectivity index (χ1v) is 11.8. The molecule has 4 atom stereocenters. The molecule has 2 saturated heterocycles. The third kappa shape index (κ3) is 3.02. The number of fused-ring (bicyclic) bond motifs is 2. The second-order valence-electron chi connectivity index (χ2n) is 9.35. The summed E-state index contributed by atoms with van der Waals surface area (Å²) in [4.78, 5) is 41.7. The summed E-state index contributed by atoms with van der Waals surface area (Å²) in [5, 5.41) is 15.4. The molecule has 0 radical (unpaired) electrons. The monoisotopic (exact) mass is 456 g/mol. The lowest BCUT2D eigenvalue weighted by molar-refractivity contribution is -0.147. The first-order valence-electron chi connectivity index (χ1n) is 11.8. The van der Waals surface area contributed by atoms with E-state index in [2.05, 4.69) is 5.32 Å². The topological polar surface area (TPSA) is 86.7 Å². The fourth-order valence-electron chi connectivity index (χ4n) is 5.85. The molecule has 0 bridgehead atoms. The van der Waals surface area contributed by atoms with Gasteiger partial charge in [-0.05, 0) is 47.2 Å². The van der Waals surface area contributed by atoms with Crippen LogP contribution in [0.15, 0.2) is 60.7 Å². The molecular weight excluding hydrogens is 428 g/mol. The molecule has 2 heterocycles. The molecule has 2 aliphatic heterocycles. The SMILES string of the molecule is CCc1cccc(CC)c1N1C(=O)C2C(c3cccc4ccccc34)NC(C)(C(=O)O)C2C1=O. The highest BCUT2D eigenvalue weighted by Gasteiger charge is 2.67. The van der Waals surface area contributed by atoms with Crippen LogP contribution in [0.1, 0.15) is 43.5 Å². The number of anilines is 1. The Morgan fingerprint density at radius 1 is 0.941 bits per heavy atom. The van der Waals surface area contributed by atoms with Crippen LogP contribution in [-0.2, 0) is 27.2 Å². The number of nitrogens with one attached hydrogen (secondary N) is 1. The van der Waals surface area contributed by atoms with Crippen LogP contribution in [0.4, 0.5) is 5.69 Å². The zero-order valence-electron chi connectivity index (χ0n) is 19.5. The van der Waals surface area contributed by atoms with Gasteiger partial charge in [-0.3, -0.25) is 19.7 Å². The van der Waals surface area contributed by atoms with Gasteiger partial charge in [0.1, 0.15) is 5.54 Å². The molecule has 34 heavy (non-hydrogen) atoms. The molecule has 3 aromatic rings. The summed E-state index contributed by atoms with van der Waals surface area (Å²) >= 11 is 0. The van der Waals surface area contributed by atoms with Crippen molar-refractivity contribution in [3.8, 4) is 0 Å². The maximum atomic E-state index is 14.0. The number of hydrogen-bond donors (Lipinski definition) is 2. The van der Waals surface area contributed by atoms with Crippen molar-refractivity contribution < 1.29 is 19.5 Å². The fourth-order valence-corrected chi connectivity index (χ4v) is 5.85. The third-order valence-electron chi connectivity index (χ3n) is 7.58. The van der Waals surface area contributed by atoms with Crippen molar-refractivity contribution in [1.29, 1.82) is 0 Å². The zero-order valence-corrected chi connectivity index (χ0v) is 19.5. The molecule has 5 rings (SSSR count). The number of carboxylic acid groups (broad SMARTS) is 1. The number of imide groups is 1. The molecule has 6 heteroatoms. The minimum Gasteiger partial charge on any atom is -0.480 e. The predicted molar refractivity (Wildman–Crippen MR) is 131 cm³/mol. The molecular formula is C28H28N2O4. The molecule has 174 valence electrons. The molecule has 3 aromatic carbocycles. The number of carboxylic acids is 1. The van der Waals surface area contributed by atoms with Gasteiger partial charge in [0.25, 0.3) is 0 Å². The number of carbonyl (C=O) groups is 3. The number of aliphatic carboxylic acids is 1. The van der Waals surface area contributed by atoms with Gasteiger partial charge in [0.15, 0.2) is 0 Å². The number of benzene rings is 3. The standard InChI is InChI=1S/C28H28N2O4/c1-4-16-11-8-12-17(5-2)24(16)30-25(31)21-22(26(30)32)28(3,27(33)34)29-23(21)20-15-9-13-18-10-6-7-14-19(18)20/h6-15,21-23,29H,4-5H2,1-3H3,(H,33,34). The molecule has 6 nitrogen and oxygen atoms in total. The number of amides is 2. The summed E-state index contributed by atoms with van der Waals surface area (Å²) in [7, 11) is 0. The number of rotatable bonds is 5. The average molecular weight is 457 g/mol. The van der Waals surface area contributed by atoms with E-state index in [-0.39, 0.29) is 5.91 Å². The lowest BCUT2D eigenvalue weighted by Crippen LogP contribution is -2.53. The van der Waals surface area contributed by atoms with Crippen LogP contribution in [0.5, 0.6) is 0 Å². The number of hydrogen-bond acceptors (Lipinski definition) is 4. The van der Waals surface area contributed by atoms with Gasteiger partial charge in [-0.25, -0.2) is 4.90 Å². The maximum absolute atomic E-state index is 14.0.